The Hall–Kier alpha value is -1.79. The van der Waals surface area contributed by atoms with Gasteiger partial charge in [0.15, 0.2) is 17.4 Å². The molecule has 0 amide bonds. The van der Waals surface area contributed by atoms with Crippen LogP contribution < -0.4 is 9.84 Å². The average molecular weight is 237 g/mol. The lowest BCUT2D eigenvalue weighted by Crippen LogP contribution is -2.26. The van der Waals surface area contributed by atoms with Gasteiger partial charge in [0.1, 0.15) is 0 Å². The molecule has 88 valence electrons. The normalized spacial score (nSPS) is 10.3. The van der Waals surface area contributed by atoms with E-state index in [2.05, 4.69) is 4.74 Å². The second-order valence-corrected chi connectivity index (χ2v) is 2.68. The first-order valence-electron chi connectivity index (χ1n) is 4.11. The summed E-state index contributed by atoms with van der Waals surface area (Å²) in [6.07, 6.45) is 0. The minimum absolute atomic E-state index is 0.239. The summed E-state index contributed by atoms with van der Waals surface area (Å²) in [5.41, 5.74) is -1.79. The second-order valence-electron chi connectivity index (χ2n) is 2.68. The summed E-state index contributed by atoms with van der Waals surface area (Å²) in [4.78, 5) is 10.3. The van der Waals surface area contributed by atoms with Gasteiger partial charge in [0, 0.05) is 0 Å². The Morgan fingerprint density at radius 2 is 1.56 bits per heavy atom. The lowest BCUT2D eigenvalue weighted by Gasteiger charge is -2.12. The molecule has 1 rings (SSSR count). The Morgan fingerprint density at radius 1 is 1.12 bits per heavy atom. The molecule has 0 aromatic heterocycles. The van der Waals surface area contributed by atoms with E-state index in [1.165, 1.54) is 6.92 Å². The Morgan fingerprint density at radius 3 is 1.88 bits per heavy atom. The van der Waals surface area contributed by atoms with Crippen molar-refractivity contribution in [2.45, 2.75) is 6.92 Å². The van der Waals surface area contributed by atoms with Crippen molar-refractivity contribution in [1.29, 1.82) is 0 Å². The average Bonchev–Trinajstić information content (AvgIpc) is 2.21. The third-order valence-corrected chi connectivity index (χ3v) is 1.72. The maximum atomic E-state index is 13.1. The topological polar surface area (TPSA) is 49.4 Å². The number of hydrogen-bond acceptors (Lipinski definition) is 3. The Kier molecular flexibility index (Phi) is 3.36. The van der Waals surface area contributed by atoms with Crippen molar-refractivity contribution >= 4 is 5.97 Å². The highest BCUT2D eigenvalue weighted by Gasteiger charge is 2.26. The number of benzene rings is 1. The number of carbonyl (C=O) groups excluding carboxylic acids is 1. The molecule has 1 aromatic carbocycles. The SMILES string of the molecule is CCOc1c(F)c(F)c(C(=O)[O-])c(F)c1F. The van der Waals surface area contributed by atoms with Gasteiger partial charge in [0.25, 0.3) is 0 Å². The van der Waals surface area contributed by atoms with Crippen LogP contribution in [0, 0.1) is 23.3 Å². The van der Waals surface area contributed by atoms with Crippen molar-refractivity contribution in [3.63, 3.8) is 0 Å². The first kappa shape index (κ1) is 12.3. The van der Waals surface area contributed by atoms with Crippen LogP contribution in [0.5, 0.6) is 5.75 Å². The maximum absolute atomic E-state index is 13.1. The highest BCUT2D eigenvalue weighted by atomic mass is 19.2. The number of carboxylic acids is 1. The molecule has 0 bridgehead atoms. The predicted octanol–water partition coefficient (Wildman–Crippen LogP) is 1.01. The summed E-state index contributed by atoms with van der Waals surface area (Å²) >= 11 is 0. The Labute approximate surface area is 87.3 Å². The Bertz CT molecular complexity index is 416. The van der Waals surface area contributed by atoms with Crippen LogP contribution in [0.1, 0.15) is 17.3 Å². The quantitative estimate of drug-likeness (QED) is 0.582. The van der Waals surface area contributed by atoms with Gasteiger partial charge in [-0.15, -0.1) is 0 Å². The standard InChI is InChI=1S/C9H6F4O3/c1-2-16-8-6(12)4(10)3(9(14)15)5(11)7(8)13/h2H2,1H3,(H,14,15)/p-1. The van der Waals surface area contributed by atoms with Crippen LogP contribution in [0.15, 0.2) is 0 Å². The lowest BCUT2D eigenvalue weighted by molar-refractivity contribution is -0.255. The van der Waals surface area contributed by atoms with Gasteiger partial charge in [-0.05, 0) is 6.92 Å². The van der Waals surface area contributed by atoms with Crippen LogP contribution in [0.2, 0.25) is 0 Å². The van der Waals surface area contributed by atoms with Crippen molar-refractivity contribution < 1.29 is 32.2 Å². The number of halogens is 4. The molecule has 1 aromatic rings. The van der Waals surface area contributed by atoms with Crippen molar-refractivity contribution in [3.8, 4) is 5.75 Å². The molecular weight excluding hydrogens is 232 g/mol. The van der Waals surface area contributed by atoms with E-state index in [-0.39, 0.29) is 6.61 Å². The molecule has 0 unspecified atom stereocenters. The fourth-order valence-electron chi connectivity index (χ4n) is 1.06. The van der Waals surface area contributed by atoms with Gasteiger partial charge in [0.05, 0.1) is 18.1 Å². The van der Waals surface area contributed by atoms with E-state index in [4.69, 9.17) is 0 Å². The minimum Gasteiger partial charge on any atom is -0.545 e. The largest absolute Gasteiger partial charge is 0.545 e. The van der Waals surface area contributed by atoms with Gasteiger partial charge < -0.3 is 14.6 Å². The number of carboxylic acid groups (broad SMARTS) is 1. The summed E-state index contributed by atoms with van der Waals surface area (Å²) in [6, 6.07) is 0. The summed E-state index contributed by atoms with van der Waals surface area (Å²) in [5.74, 6) is -11.6. The molecule has 0 atom stereocenters. The van der Waals surface area contributed by atoms with E-state index in [1.807, 2.05) is 0 Å². The van der Waals surface area contributed by atoms with Crippen LogP contribution in [0.4, 0.5) is 17.6 Å². The van der Waals surface area contributed by atoms with E-state index < -0.39 is 40.6 Å². The lowest BCUT2D eigenvalue weighted by atomic mass is 10.1. The minimum atomic E-state index is -2.35. The van der Waals surface area contributed by atoms with Gasteiger partial charge in [-0.2, -0.15) is 8.78 Å². The summed E-state index contributed by atoms with van der Waals surface area (Å²) < 4.78 is 56.4. The molecule has 0 fully saturated rings. The molecule has 0 saturated carbocycles. The van der Waals surface area contributed by atoms with Crippen molar-refractivity contribution in [2.75, 3.05) is 6.61 Å². The molecular formula is C9H5F4O3-. The molecule has 0 saturated heterocycles. The maximum Gasteiger partial charge on any atom is 0.204 e. The van der Waals surface area contributed by atoms with E-state index in [9.17, 15) is 27.5 Å². The Balaban J connectivity index is 3.56. The van der Waals surface area contributed by atoms with E-state index in [0.29, 0.717) is 0 Å². The molecule has 0 spiro atoms. The van der Waals surface area contributed by atoms with Crippen LogP contribution in [-0.2, 0) is 0 Å². The van der Waals surface area contributed by atoms with Gasteiger partial charge >= 0.3 is 0 Å². The van der Waals surface area contributed by atoms with Crippen LogP contribution >= 0.6 is 0 Å². The van der Waals surface area contributed by atoms with Crippen molar-refractivity contribution in [1.82, 2.24) is 0 Å². The number of ether oxygens (including phenoxy) is 1. The molecule has 7 heteroatoms. The van der Waals surface area contributed by atoms with Gasteiger partial charge in [-0.3, -0.25) is 0 Å². The summed E-state index contributed by atoms with van der Waals surface area (Å²) in [6.45, 7) is 1.10. The number of carbonyl (C=O) groups is 1. The van der Waals surface area contributed by atoms with Gasteiger partial charge in [-0.1, -0.05) is 0 Å². The zero-order valence-corrected chi connectivity index (χ0v) is 7.94. The summed E-state index contributed by atoms with van der Waals surface area (Å²) in [7, 11) is 0. The van der Waals surface area contributed by atoms with Gasteiger partial charge in [-0.25, -0.2) is 8.78 Å². The van der Waals surface area contributed by atoms with Crippen LogP contribution in [0.25, 0.3) is 0 Å². The van der Waals surface area contributed by atoms with Crippen LogP contribution in [-0.4, -0.2) is 12.6 Å². The molecule has 0 heterocycles. The van der Waals surface area contributed by atoms with Gasteiger partial charge in [0.2, 0.25) is 11.6 Å². The molecule has 3 nitrogen and oxygen atoms in total. The molecule has 0 aliphatic carbocycles. The zero-order valence-electron chi connectivity index (χ0n) is 7.94. The highest BCUT2D eigenvalue weighted by Crippen LogP contribution is 2.29. The fourth-order valence-corrected chi connectivity index (χ4v) is 1.06. The molecule has 0 radical (unpaired) electrons. The van der Waals surface area contributed by atoms with Crippen molar-refractivity contribution in [3.05, 3.63) is 28.8 Å². The molecule has 0 N–H and O–H groups in total. The second kappa shape index (κ2) is 4.38. The third-order valence-electron chi connectivity index (χ3n) is 1.72. The van der Waals surface area contributed by atoms with E-state index >= 15 is 0 Å². The monoisotopic (exact) mass is 237 g/mol. The molecule has 16 heavy (non-hydrogen) atoms. The number of hydrogen-bond donors (Lipinski definition) is 0. The molecule has 0 aliphatic heterocycles. The van der Waals surface area contributed by atoms with Crippen molar-refractivity contribution in [2.24, 2.45) is 0 Å². The first-order chi connectivity index (χ1) is 7.41. The first-order valence-corrected chi connectivity index (χ1v) is 4.11. The summed E-state index contributed by atoms with van der Waals surface area (Å²) in [5, 5.41) is 10.3. The predicted molar refractivity (Wildman–Crippen MR) is 41.8 cm³/mol. The van der Waals surface area contributed by atoms with Crippen LogP contribution in [0.3, 0.4) is 0 Å². The fraction of sp³-hybridized carbons (Fsp3) is 0.222. The van der Waals surface area contributed by atoms with E-state index in [1.54, 1.807) is 0 Å². The molecule has 0 aliphatic rings. The zero-order chi connectivity index (χ0) is 12.5. The smallest absolute Gasteiger partial charge is 0.204 e. The third kappa shape index (κ3) is 1.80. The highest BCUT2D eigenvalue weighted by molar-refractivity contribution is 5.86. The van der Waals surface area contributed by atoms with E-state index in [0.717, 1.165) is 0 Å². The number of rotatable bonds is 3. The number of aromatic carboxylic acids is 1.